The summed E-state index contributed by atoms with van der Waals surface area (Å²) in [5.41, 5.74) is 2.37. The van der Waals surface area contributed by atoms with Crippen LogP contribution in [0.3, 0.4) is 0 Å². The quantitative estimate of drug-likeness (QED) is 0.866. The van der Waals surface area contributed by atoms with Crippen LogP contribution in [0.1, 0.15) is 30.5 Å². The average molecular weight is 259 g/mol. The maximum atomic E-state index is 5.30. The van der Waals surface area contributed by atoms with Crippen molar-refractivity contribution < 1.29 is 4.74 Å². The van der Waals surface area contributed by atoms with E-state index in [9.17, 15) is 0 Å². The molecule has 0 spiro atoms. The molecule has 0 saturated heterocycles. The molecule has 1 heterocycles. The maximum Gasteiger partial charge on any atom is 0.119 e. The molecule has 0 fully saturated rings. The minimum Gasteiger partial charge on any atom is -0.497 e. The summed E-state index contributed by atoms with van der Waals surface area (Å²) in [6.45, 7) is 3.13. The van der Waals surface area contributed by atoms with Crippen molar-refractivity contribution in [1.29, 1.82) is 0 Å². The largest absolute Gasteiger partial charge is 0.497 e. The third kappa shape index (κ3) is 3.35. The van der Waals surface area contributed by atoms with Crippen LogP contribution in [0.4, 0.5) is 0 Å². The lowest BCUT2D eigenvalue weighted by Gasteiger charge is -2.18. The summed E-state index contributed by atoms with van der Waals surface area (Å²) in [5, 5.41) is 7.82. The summed E-state index contributed by atoms with van der Waals surface area (Å²) >= 11 is 0. The summed E-state index contributed by atoms with van der Waals surface area (Å²) in [4.78, 5) is 0. The van der Waals surface area contributed by atoms with Crippen molar-refractivity contribution in [2.45, 2.75) is 19.4 Å². The Morgan fingerprint density at radius 2 is 2.21 bits per heavy atom. The van der Waals surface area contributed by atoms with E-state index in [2.05, 4.69) is 29.5 Å². The molecule has 2 rings (SSSR count). The molecule has 19 heavy (non-hydrogen) atoms. The van der Waals surface area contributed by atoms with Crippen molar-refractivity contribution >= 4 is 0 Å². The van der Waals surface area contributed by atoms with Gasteiger partial charge in [0.15, 0.2) is 0 Å². The molecule has 1 aromatic heterocycles. The lowest BCUT2D eigenvalue weighted by molar-refractivity contribution is 0.413. The second-order valence-corrected chi connectivity index (χ2v) is 4.61. The van der Waals surface area contributed by atoms with Gasteiger partial charge >= 0.3 is 0 Å². The van der Waals surface area contributed by atoms with Crippen LogP contribution in [0.2, 0.25) is 0 Å². The molecular formula is C15H21N3O. The Morgan fingerprint density at radius 1 is 1.37 bits per heavy atom. The van der Waals surface area contributed by atoms with Crippen molar-refractivity contribution in [3.63, 3.8) is 0 Å². The Balaban J connectivity index is 2.30. The Labute approximate surface area is 114 Å². The van der Waals surface area contributed by atoms with Gasteiger partial charge in [0, 0.05) is 18.8 Å². The van der Waals surface area contributed by atoms with E-state index in [1.54, 1.807) is 7.11 Å². The number of nitrogens with one attached hydrogen (secondary N) is 1. The molecule has 4 heteroatoms. The molecule has 1 unspecified atom stereocenters. The van der Waals surface area contributed by atoms with Crippen LogP contribution in [0.15, 0.2) is 36.7 Å². The third-order valence-electron chi connectivity index (χ3n) is 3.08. The molecule has 1 atom stereocenters. The van der Waals surface area contributed by atoms with Gasteiger partial charge in [0.25, 0.3) is 0 Å². The fourth-order valence-electron chi connectivity index (χ4n) is 2.13. The minimum absolute atomic E-state index is 0.156. The Morgan fingerprint density at radius 3 is 2.84 bits per heavy atom. The number of methoxy groups -OCH3 is 1. The second kappa shape index (κ2) is 6.38. The number of nitrogens with zero attached hydrogens (tertiary/aromatic N) is 2. The topological polar surface area (TPSA) is 39.1 Å². The highest BCUT2D eigenvalue weighted by atomic mass is 16.5. The number of rotatable bonds is 6. The highest BCUT2D eigenvalue weighted by molar-refractivity contribution is 5.35. The zero-order valence-corrected chi connectivity index (χ0v) is 11.8. The van der Waals surface area contributed by atoms with Gasteiger partial charge in [-0.3, -0.25) is 4.68 Å². The van der Waals surface area contributed by atoms with Crippen LogP contribution in [-0.4, -0.2) is 23.4 Å². The number of aromatic nitrogens is 2. The fraction of sp³-hybridized carbons (Fsp3) is 0.400. The molecule has 4 nitrogen and oxygen atoms in total. The lowest BCUT2D eigenvalue weighted by Crippen LogP contribution is -2.22. The van der Waals surface area contributed by atoms with Gasteiger partial charge in [0.1, 0.15) is 5.75 Å². The predicted molar refractivity (Wildman–Crippen MR) is 76.3 cm³/mol. The fourth-order valence-corrected chi connectivity index (χ4v) is 2.13. The van der Waals surface area contributed by atoms with Gasteiger partial charge in [-0.15, -0.1) is 0 Å². The first-order chi connectivity index (χ1) is 9.24. The molecule has 0 aliphatic carbocycles. The zero-order chi connectivity index (χ0) is 13.7. The van der Waals surface area contributed by atoms with Crippen LogP contribution in [0, 0.1) is 0 Å². The van der Waals surface area contributed by atoms with E-state index in [0.29, 0.717) is 0 Å². The molecular weight excluding hydrogens is 238 g/mol. The van der Waals surface area contributed by atoms with Crippen molar-refractivity contribution in [2.75, 3.05) is 13.7 Å². The maximum absolute atomic E-state index is 5.30. The first-order valence-corrected chi connectivity index (χ1v) is 6.60. The van der Waals surface area contributed by atoms with Gasteiger partial charge < -0.3 is 10.1 Å². The number of hydrogen-bond donors (Lipinski definition) is 1. The molecule has 1 aromatic carbocycles. The van der Waals surface area contributed by atoms with Crippen molar-refractivity contribution in [3.8, 4) is 5.75 Å². The molecule has 2 aromatic rings. The summed E-state index contributed by atoms with van der Waals surface area (Å²) in [5.74, 6) is 0.879. The van der Waals surface area contributed by atoms with Crippen molar-refractivity contribution in [1.82, 2.24) is 15.1 Å². The van der Waals surface area contributed by atoms with Crippen LogP contribution in [-0.2, 0) is 7.05 Å². The van der Waals surface area contributed by atoms with Crippen LogP contribution in [0.5, 0.6) is 5.75 Å². The van der Waals surface area contributed by atoms with E-state index in [0.717, 1.165) is 18.7 Å². The van der Waals surface area contributed by atoms with E-state index >= 15 is 0 Å². The van der Waals surface area contributed by atoms with E-state index in [-0.39, 0.29) is 6.04 Å². The number of hydrogen-bond acceptors (Lipinski definition) is 3. The van der Waals surface area contributed by atoms with Gasteiger partial charge in [-0.2, -0.15) is 5.10 Å². The van der Waals surface area contributed by atoms with E-state index in [4.69, 9.17) is 4.74 Å². The highest BCUT2D eigenvalue weighted by Gasteiger charge is 2.15. The summed E-state index contributed by atoms with van der Waals surface area (Å²) in [7, 11) is 3.63. The Kier molecular flexibility index (Phi) is 4.58. The first-order valence-electron chi connectivity index (χ1n) is 6.60. The molecule has 0 saturated carbocycles. The predicted octanol–water partition coefficient (Wildman–Crippen LogP) is 2.52. The smallest absolute Gasteiger partial charge is 0.119 e. The monoisotopic (exact) mass is 259 g/mol. The third-order valence-corrected chi connectivity index (χ3v) is 3.08. The SMILES string of the molecule is CCCNC(c1cccc(OC)c1)c1cnn(C)c1. The van der Waals surface area contributed by atoms with Gasteiger partial charge in [0.2, 0.25) is 0 Å². The molecule has 0 radical (unpaired) electrons. The Bertz CT molecular complexity index is 522. The number of aryl methyl sites for hydroxylation is 1. The standard InChI is InChI=1S/C15H21N3O/c1-4-8-16-15(13-10-17-18(2)11-13)12-6-5-7-14(9-12)19-3/h5-7,9-11,15-16H,4,8H2,1-3H3. The van der Waals surface area contributed by atoms with Gasteiger partial charge in [-0.05, 0) is 30.7 Å². The summed E-state index contributed by atoms with van der Waals surface area (Å²) in [6.07, 6.45) is 5.06. The minimum atomic E-state index is 0.156. The molecule has 102 valence electrons. The average Bonchev–Trinajstić information content (AvgIpc) is 2.86. The zero-order valence-electron chi connectivity index (χ0n) is 11.8. The van der Waals surface area contributed by atoms with Gasteiger partial charge in [0.05, 0.1) is 19.3 Å². The molecule has 0 aliphatic rings. The molecule has 0 bridgehead atoms. The van der Waals surface area contributed by atoms with Gasteiger partial charge in [-0.25, -0.2) is 0 Å². The molecule has 0 amide bonds. The summed E-state index contributed by atoms with van der Waals surface area (Å²) < 4.78 is 7.13. The molecule has 0 aliphatic heterocycles. The summed E-state index contributed by atoms with van der Waals surface area (Å²) in [6, 6.07) is 8.32. The van der Waals surface area contributed by atoms with Crippen LogP contribution < -0.4 is 10.1 Å². The van der Waals surface area contributed by atoms with Crippen molar-refractivity contribution in [3.05, 3.63) is 47.8 Å². The van der Waals surface area contributed by atoms with E-state index < -0.39 is 0 Å². The Hall–Kier alpha value is -1.81. The van der Waals surface area contributed by atoms with E-state index in [1.165, 1.54) is 11.1 Å². The number of benzene rings is 1. The van der Waals surface area contributed by atoms with Crippen LogP contribution in [0.25, 0.3) is 0 Å². The normalized spacial score (nSPS) is 12.4. The van der Waals surface area contributed by atoms with Crippen molar-refractivity contribution in [2.24, 2.45) is 7.05 Å². The van der Waals surface area contributed by atoms with Crippen LogP contribution >= 0.6 is 0 Å². The second-order valence-electron chi connectivity index (χ2n) is 4.61. The number of ether oxygens (including phenoxy) is 1. The molecule has 1 N–H and O–H groups in total. The first kappa shape index (κ1) is 13.6. The lowest BCUT2D eigenvalue weighted by atomic mass is 10.0. The highest BCUT2D eigenvalue weighted by Crippen LogP contribution is 2.24. The van der Waals surface area contributed by atoms with E-state index in [1.807, 2.05) is 36.3 Å². The van der Waals surface area contributed by atoms with Gasteiger partial charge in [-0.1, -0.05) is 19.1 Å².